The Bertz CT molecular complexity index is 1270. The van der Waals surface area contributed by atoms with Crippen molar-refractivity contribution < 1.29 is 64.5 Å². The maximum atomic E-state index is 13.2. The van der Waals surface area contributed by atoms with Gasteiger partial charge in [0.05, 0.1) is 35.7 Å². The molecule has 1 fully saturated rings. The lowest BCUT2D eigenvalue weighted by molar-refractivity contribution is -0.144. The molecule has 20 heteroatoms. The third kappa shape index (κ3) is 14.2. The first kappa shape index (κ1) is 39.1. The van der Waals surface area contributed by atoms with E-state index < -0.39 is 62.9 Å². The van der Waals surface area contributed by atoms with Gasteiger partial charge in [0.2, 0.25) is 10.0 Å². The molecule has 1 saturated heterocycles. The SMILES string of the molecule is O=C(O)CN1CCCN(CC(=O)O)CCN(CC(=O)O)CCCN(CCNS(=O)(=O)c2cc(C(F)(F)F)cc(C(F)(F)F)c2)CC1. The number of nitrogens with zero attached hydrogens (tertiary/aromatic N) is 4. The minimum atomic E-state index is -5.24. The summed E-state index contributed by atoms with van der Waals surface area (Å²) in [6, 6.07) is 0.0373. The van der Waals surface area contributed by atoms with Crippen LogP contribution in [0, 0.1) is 0 Å². The third-order valence-electron chi connectivity index (χ3n) is 7.03. The molecule has 13 nitrogen and oxygen atoms in total. The second kappa shape index (κ2) is 17.2. The molecule has 0 spiro atoms. The molecule has 1 heterocycles. The van der Waals surface area contributed by atoms with Gasteiger partial charge in [-0.1, -0.05) is 0 Å². The highest BCUT2D eigenvalue weighted by atomic mass is 32.2. The standard InChI is InChI=1S/C26H37F6N5O8S/c27-25(28,29)19-13-20(26(30,31)32)15-21(14-19)46(44,45)33-3-8-34-4-1-5-36(17-23(40)41)11-12-37(18-24(42)43)7-2-6-35(10-9-34)16-22(38)39/h13-15,33H,1-12,16-18H2,(H,38,39)(H,40,41)(H,42,43). The van der Waals surface area contributed by atoms with E-state index in [0.717, 1.165) is 0 Å². The van der Waals surface area contributed by atoms with Gasteiger partial charge >= 0.3 is 30.3 Å². The van der Waals surface area contributed by atoms with Gasteiger partial charge in [-0.05, 0) is 37.6 Å². The predicted octanol–water partition coefficient (Wildman–Crippen LogP) is 1.26. The number of halogens is 6. The number of rotatable bonds is 11. The number of nitrogens with one attached hydrogen (secondary N) is 1. The molecule has 0 amide bonds. The molecule has 1 aromatic rings. The molecule has 0 saturated carbocycles. The van der Waals surface area contributed by atoms with E-state index in [4.69, 9.17) is 0 Å². The maximum Gasteiger partial charge on any atom is 0.416 e. The van der Waals surface area contributed by atoms with Gasteiger partial charge in [-0.15, -0.1) is 0 Å². The van der Waals surface area contributed by atoms with Crippen molar-refractivity contribution in [3.63, 3.8) is 0 Å². The van der Waals surface area contributed by atoms with Crippen molar-refractivity contribution in [2.24, 2.45) is 0 Å². The Kier molecular flexibility index (Phi) is 14.6. The summed E-state index contributed by atoms with van der Waals surface area (Å²) in [5.41, 5.74) is -3.57. The molecule has 0 aliphatic carbocycles. The van der Waals surface area contributed by atoms with Gasteiger partial charge in [0.15, 0.2) is 0 Å². The zero-order chi connectivity index (χ0) is 34.7. The van der Waals surface area contributed by atoms with Gasteiger partial charge in [0, 0.05) is 58.9 Å². The second-order valence-corrected chi connectivity index (χ2v) is 12.5. The quantitative estimate of drug-likeness (QED) is 0.245. The van der Waals surface area contributed by atoms with Crippen LogP contribution in [0.5, 0.6) is 0 Å². The number of sulfonamides is 1. The molecular weight excluding hydrogens is 656 g/mol. The van der Waals surface area contributed by atoms with Crippen molar-refractivity contribution in [1.29, 1.82) is 0 Å². The van der Waals surface area contributed by atoms with Crippen LogP contribution in [-0.4, -0.2) is 146 Å². The number of aliphatic carboxylic acids is 3. The molecule has 1 aliphatic heterocycles. The first-order valence-electron chi connectivity index (χ1n) is 14.1. The lowest BCUT2D eigenvalue weighted by Crippen LogP contribution is -2.45. The number of hydrogen-bond donors (Lipinski definition) is 4. The molecule has 0 bridgehead atoms. The Morgan fingerprint density at radius 2 is 0.978 bits per heavy atom. The van der Waals surface area contributed by atoms with E-state index in [2.05, 4.69) is 0 Å². The van der Waals surface area contributed by atoms with Gasteiger partial charge in [-0.2, -0.15) is 26.3 Å². The van der Waals surface area contributed by atoms with E-state index in [1.54, 1.807) is 19.6 Å². The summed E-state index contributed by atoms with van der Waals surface area (Å²) in [5.74, 6) is -3.30. The molecule has 0 atom stereocenters. The number of carboxylic acid groups (broad SMARTS) is 3. The summed E-state index contributed by atoms with van der Waals surface area (Å²) in [6.45, 7) is 0.433. The highest BCUT2D eigenvalue weighted by Crippen LogP contribution is 2.37. The summed E-state index contributed by atoms with van der Waals surface area (Å²) in [4.78, 5) is 39.5. The fourth-order valence-corrected chi connectivity index (χ4v) is 5.91. The fraction of sp³-hybridized carbons (Fsp3) is 0.654. The van der Waals surface area contributed by atoms with Crippen LogP contribution in [-0.2, 0) is 36.8 Å². The molecule has 46 heavy (non-hydrogen) atoms. The van der Waals surface area contributed by atoms with Crippen molar-refractivity contribution in [1.82, 2.24) is 24.3 Å². The summed E-state index contributed by atoms with van der Waals surface area (Å²) in [6.07, 6.45) is -9.75. The highest BCUT2D eigenvalue weighted by molar-refractivity contribution is 7.89. The Morgan fingerprint density at radius 3 is 1.33 bits per heavy atom. The lowest BCUT2D eigenvalue weighted by atomic mass is 10.1. The normalized spacial score (nSPS) is 18.2. The monoisotopic (exact) mass is 693 g/mol. The van der Waals surface area contributed by atoms with Crippen LogP contribution < -0.4 is 4.72 Å². The van der Waals surface area contributed by atoms with E-state index in [0.29, 0.717) is 19.4 Å². The van der Waals surface area contributed by atoms with E-state index in [1.165, 1.54) is 0 Å². The summed E-state index contributed by atoms with van der Waals surface area (Å²) in [7, 11) is -4.82. The zero-order valence-electron chi connectivity index (χ0n) is 24.7. The molecule has 1 aromatic carbocycles. The second-order valence-electron chi connectivity index (χ2n) is 10.7. The van der Waals surface area contributed by atoms with Crippen molar-refractivity contribution in [3.8, 4) is 0 Å². The maximum absolute atomic E-state index is 13.2. The fourth-order valence-electron chi connectivity index (χ4n) is 4.82. The third-order valence-corrected chi connectivity index (χ3v) is 8.47. The van der Waals surface area contributed by atoms with E-state index in [-0.39, 0.29) is 90.2 Å². The van der Waals surface area contributed by atoms with Gasteiger partial charge < -0.3 is 20.2 Å². The van der Waals surface area contributed by atoms with E-state index in [9.17, 15) is 64.5 Å². The molecular formula is C26H37F6N5O8S. The largest absolute Gasteiger partial charge is 0.480 e. The molecule has 0 radical (unpaired) electrons. The van der Waals surface area contributed by atoms with Gasteiger partial charge in [-0.3, -0.25) is 29.1 Å². The van der Waals surface area contributed by atoms with E-state index in [1.807, 2.05) is 4.72 Å². The van der Waals surface area contributed by atoms with Gasteiger partial charge in [0.25, 0.3) is 0 Å². The Labute approximate surface area is 261 Å². The van der Waals surface area contributed by atoms with Crippen molar-refractivity contribution in [2.75, 3.05) is 85.1 Å². The van der Waals surface area contributed by atoms with Crippen LogP contribution in [0.25, 0.3) is 0 Å². The molecule has 262 valence electrons. The minimum Gasteiger partial charge on any atom is -0.480 e. The average Bonchev–Trinajstić information content (AvgIpc) is 2.91. The van der Waals surface area contributed by atoms with E-state index >= 15 is 0 Å². The van der Waals surface area contributed by atoms with Crippen LogP contribution in [0.4, 0.5) is 26.3 Å². The topological polar surface area (TPSA) is 171 Å². The first-order chi connectivity index (χ1) is 21.3. The average molecular weight is 694 g/mol. The molecule has 4 N–H and O–H groups in total. The minimum absolute atomic E-state index is 0.0590. The highest BCUT2D eigenvalue weighted by Gasteiger charge is 2.38. The number of carboxylic acids is 3. The molecule has 2 rings (SSSR count). The number of benzene rings is 1. The van der Waals surface area contributed by atoms with Crippen LogP contribution in [0.1, 0.15) is 24.0 Å². The predicted molar refractivity (Wildman–Crippen MR) is 150 cm³/mol. The smallest absolute Gasteiger partial charge is 0.416 e. The Morgan fingerprint density at radius 1 is 0.630 bits per heavy atom. The van der Waals surface area contributed by atoms with Crippen molar-refractivity contribution in [3.05, 3.63) is 29.3 Å². The van der Waals surface area contributed by atoms with Crippen molar-refractivity contribution >= 4 is 27.9 Å². The van der Waals surface area contributed by atoms with Gasteiger partial charge in [0.1, 0.15) is 0 Å². The molecule has 1 aliphatic rings. The summed E-state index contributed by atoms with van der Waals surface area (Å²) < 4.78 is 107. The van der Waals surface area contributed by atoms with Crippen LogP contribution in [0.15, 0.2) is 23.1 Å². The number of alkyl halides is 6. The molecule has 0 unspecified atom stereocenters. The zero-order valence-corrected chi connectivity index (χ0v) is 25.5. The Hall–Kier alpha value is -3.04. The van der Waals surface area contributed by atoms with Crippen LogP contribution in [0.2, 0.25) is 0 Å². The van der Waals surface area contributed by atoms with Gasteiger partial charge in [-0.25, -0.2) is 13.1 Å². The Balaban J connectivity index is 2.21. The van der Waals surface area contributed by atoms with Crippen LogP contribution in [0.3, 0.4) is 0 Å². The lowest BCUT2D eigenvalue weighted by Gasteiger charge is -2.30. The summed E-state index contributed by atoms with van der Waals surface area (Å²) >= 11 is 0. The van der Waals surface area contributed by atoms with Crippen LogP contribution >= 0.6 is 0 Å². The number of carbonyl (C=O) groups is 3. The summed E-state index contributed by atoms with van der Waals surface area (Å²) in [5, 5.41) is 27.9. The molecule has 0 aromatic heterocycles. The number of hydrogen-bond acceptors (Lipinski definition) is 9. The first-order valence-corrected chi connectivity index (χ1v) is 15.6. The van der Waals surface area contributed by atoms with Crippen molar-refractivity contribution in [2.45, 2.75) is 30.1 Å².